The highest BCUT2D eigenvalue weighted by Gasteiger charge is 2.18. The molecule has 5 aromatic rings. The van der Waals surface area contributed by atoms with Gasteiger partial charge in [0.2, 0.25) is 0 Å². The molecule has 0 bridgehead atoms. The van der Waals surface area contributed by atoms with Gasteiger partial charge in [0, 0.05) is 44.5 Å². The highest BCUT2D eigenvalue weighted by Crippen LogP contribution is 2.37. The second-order valence-corrected chi connectivity index (χ2v) is 9.90. The minimum Gasteiger partial charge on any atom is -0.481 e. The van der Waals surface area contributed by atoms with Crippen molar-refractivity contribution in [3.05, 3.63) is 107 Å². The van der Waals surface area contributed by atoms with Crippen LogP contribution in [-0.2, 0) is 10.5 Å². The van der Waals surface area contributed by atoms with Crippen LogP contribution in [0.4, 0.5) is 8.78 Å². The minimum atomic E-state index is -0.918. The Hall–Kier alpha value is -3.97. The topological polar surface area (TPSA) is 67.5 Å². The minimum absolute atomic E-state index is 0.141. The van der Waals surface area contributed by atoms with E-state index >= 15 is 4.39 Å². The number of thioether (sulfide) groups is 1. The van der Waals surface area contributed by atoms with Gasteiger partial charge < -0.3 is 9.52 Å². The first-order valence-corrected chi connectivity index (χ1v) is 12.8. The zero-order chi connectivity index (χ0) is 26.1. The van der Waals surface area contributed by atoms with Crippen LogP contribution < -0.4 is 0 Å². The Morgan fingerprint density at radius 2 is 1.59 bits per heavy atom. The molecule has 7 heteroatoms. The summed E-state index contributed by atoms with van der Waals surface area (Å²) in [6.07, 6.45) is 0. The third-order valence-corrected chi connectivity index (χ3v) is 7.53. The molecule has 37 heavy (non-hydrogen) atoms. The Morgan fingerprint density at radius 3 is 2.38 bits per heavy atom. The van der Waals surface area contributed by atoms with Crippen LogP contribution in [0.5, 0.6) is 0 Å². The van der Waals surface area contributed by atoms with Crippen LogP contribution >= 0.6 is 11.8 Å². The second kappa shape index (κ2) is 10.2. The molecule has 186 valence electrons. The molecule has 1 unspecified atom stereocenters. The average Bonchev–Trinajstić information content (AvgIpc) is 3.28. The van der Waals surface area contributed by atoms with E-state index in [1.807, 2.05) is 36.4 Å². The average molecular weight is 517 g/mol. The molecule has 0 aliphatic heterocycles. The molecule has 0 fully saturated rings. The number of halogens is 2. The van der Waals surface area contributed by atoms with Gasteiger partial charge in [-0.2, -0.15) is 11.8 Å². The predicted octanol–water partition coefficient (Wildman–Crippen LogP) is 7.72. The van der Waals surface area contributed by atoms with Crippen LogP contribution in [0.2, 0.25) is 0 Å². The van der Waals surface area contributed by atoms with Crippen LogP contribution in [0.25, 0.3) is 33.1 Å². The first-order chi connectivity index (χ1) is 17.8. The summed E-state index contributed by atoms with van der Waals surface area (Å²) in [5.41, 5.74) is 2.84. The third-order valence-electron chi connectivity index (χ3n) is 6.28. The summed E-state index contributed by atoms with van der Waals surface area (Å²) in [7, 11) is 0. The van der Waals surface area contributed by atoms with Gasteiger partial charge in [0.25, 0.3) is 0 Å². The first-order valence-electron chi connectivity index (χ1n) is 11.7. The van der Waals surface area contributed by atoms with Gasteiger partial charge in [0.05, 0.1) is 5.92 Å². The summed E-state index contributed by atoms with van der Waals surface area (Å²) in [6.45, 7) is 1.58. The normalized spacial score (nSPS) is 12.2. The van der Waals surface area contributed by atoms with Crippen molar-refractivity contribution in [2.45, 2.75) is 12.7 Å². The van der Waals surface area contributed by atoms with Gasteiger partial charge in [-0.1, -0.05) is 55.5 Å². The number of furan rings is 1. The zero-order valence-corrected chi connectivity index (χ0v) is 20.6. The van der Waals surface area contributed by atoms with Crippen LogP contribution in [0, 0.1) is 17.6 Å². The van der Waals surface area contributed by atoms with Crippen molar-refractivity contribution in [1.29, 1.82) is 0 Å². The zero-order valence-electron chi connectivity index (χ0n) is 19.8. The third kappa shape index (κ3) is 4.87. The predicted molar refractivity (Wildman–Crippen MR) is 142 cm³/mol. The monoisotopic (exact) mass is 516 g/mol. The maximum atomic E-state index is 15.3. The molecule has 0 aliphatic rings. The standard InChI is InChI=1S/C30H22F2O4S/c1-17(30(34)35)15-37-16-20-13-18(10-12-25(20)31)28(33)19-9-11-21(26(32)14-19)23-6-4-7-24-22-5-2-3-8-27(22)36-29(23)24/h2-14,17H,15-16H2,1H3,(H,34,35). The lowest BCUT2D eigenvalue weighted by molar-refractivity contribution is -0.140. The molecule has 0 aliphatic carbocycles. The van der Waals surface area contributed by atoms with E-state index in [1.165, 1.54) is 36.0 Å². The SMILES string of the molecule is CC(CSCc1cc(C(=O)c2ccc(-c3cccc4c3oc3ccccc34)c(F)c2)ccc1F)C(=O)O. The lowest BCUT2D eigenvalue weighted by Crippen LogP contribution is -2.12. The van der Waals surface area contributed by atoms with Crippen molar-refractivity contribution in [2.24, 2.45) is 5.92 Å². The summed E-state index contributed by atoms with van der Waals surface area (Å²) in [6, 6.07) is 21.5. The number of hydrogen-bond donors (Lipinski definition) is 1. The maximum Gasteiger partial charge on any atom is 0.307 e. The number of carboxylic acids is 1. The molecule has 0 saturated heterocycles. The van der Waals surface area contributed by atoms with E-state index in [4.69, 9.17) is 9.52 Å². The summed E-state index contributed by atoms with van der Waals surface area (Å²) in [4.78, 5) is 24.1. The highest BCUT2D eigenvalue weighted by molar-refractivity contribution is 7.98. The van der Waals surface area contributed by atoms with Gasteiger partial charge >= 0.3 is 5.97 Å². The molecule has 0 saturated carbocycles. The van der Waals surface area contributed by atoms with Crippen LogP contribution in [-0.4, -0.2) is 22.6 Å². The van der Waals surface area contributed by atoms with Gasteiger partial charge in [-0.3, -0.25) is 9.59 Å². The van der Waals surface area contributed by atoms with Crippen molar-refractivity contribution in [3.8, 4) is 11.1 Å². The molecule has 0 amide bonds. The lowest BCUT2D eigenvalue weighted by Gasteiger charge is -2.10. The summed E-state index contributed by atoms with van der Waals surface area (Å²) in [5, 5.41) is 10.8. The quantitative estimate of drug-likeness (QED) is 0.214. The molecular formula is C30H22F2O4S. The van der Waals surface area contributed by atoms with Gasteiger partial charge in [0.15, 0.2) is 5.78 Å². The Labute approximate surface area is 215 Å². The van der Waals surface area contributed by atoms with Gasteiger partial charge in [-0.05, 0) is 35.9 Å². The molecule has 4 nitrogen and oxygen atoms in total. The van der Waals surface area contributed by atoms with Gasteiger partial charge in [0.1, 0.15) is 22.8 Å². The molecule has 1 heterocycles. The van der Waals surface area contributed by atoms with Crippen molar-refractivity contribution >= 4 is 45.5 Å². The maximum absolute atomic E-state index is 15.3. The van der Waals surface area contributed by atoms with E-state index < -0.39 is 29.3 Å². The van der Waals surface area contributed by atoms with E-state index in [2.05, 4.69) is 0 Å². The van der Waals surface area contributed by atoms with Crippen LogP contribution in [0.1, 0.15) is 28.4 Å². The number of hydrogen-bond acceptors (Lipinski definition) is 4. The number of carbonyl (C=O) groups is 2. The van der Waals surface area contributed by atoms with Crippen LogP contribution in [0.15, 0.2) is 83.3 Å². The Morgan fingerprint density at radius 1 is 0.865 bits per heavy atom. The van der Waals surface area contributed by atoms with Crippen LogP contribution in [0.3, 0.4) is 0 Å². The smallest absolute Gasteiger partial charge is 0.307 e. The molecule has 0 spiro atoms. The fourth-order valence-electron chi connectivity index (χ4n) is 4.24. The Kier molecular flexibility index (Phi) is 6.80. The molecule has 1 N–H and O–H groups in total. The van der Waals surface area contributed by atoms with E-state index in [0.717, 1.165) is 10.8 Å². The van der Waals surface area contributed by atoms with Crippen molar-refractivity contribution in [3.63, 3.8) is 0 Å². The number of aliphatic carboxylic acids is 1. The van der Waals surface area contributed by atoms with E-state index in [0.29, 0.717) is 33.6 Å². The largest absolute Gasteiger partial charge is 0.481 e. The van der Waals surface area contributed by atoms with Gasteiger partial charge in [-0.15, -0.1) is 0 Å². The van der Waals surface area contributed by atoms with E-state index in [-0.39, 0.29) is 16.9 Å². The molecular weight excluding hydrogens is 494 g/mol. The number of carbonyl (C=O) groups excluding carboxylic acids is 1. The number of para-hydroxylation sites is 2. The van der Waals surface area contributed by atoms with Gasteiger partial charge in [-0.25, -0.2) is 8.78 Å². The summed E-state index contributed by atoms with van der Waals surface area (Å²) in [5.74, 6) is -2.43. The Balaban J connectivity index is 1.42. The fraction of sp³-hybridized carbons (Fsp3) is 0.133. The molecule has 5 rings (SSSR count). The lowest BCUT2D eigenvalue weighted by atomic mass is 9.97. The molecule has 1 atom stereocenters. The first kappa shape index (κ1) is 24.7. The van der Waals surface area contributed by atoms with Crippen molar-refractivity contribution in [1.82, 2.24) is 0 Å². The van der Waals surface area contributed by atoms with E-state index in [1.54, 1.807) is 25.1 Å². The summed E-state index contributed by atoms with van der Waals surface area (Å²) >= 11 is 1.28. The number of carboxylic acid groups (broad SMARTS) is 1. The number of rotatable bonds is 8. The molecule has 4 aromatic carbocycles. The molecule has 1 aromatic heterocycles. The number of ketones is 1. The number of benzene rings is 4. The van der Waals surface area contributed by atoms with Crippen molar-refractivity contribution < 1.29 is 27.9 Å². The molecule has 0 radical (unpaired) electrons. The highest BCUT2D eigenvalue weighted by atomic mass is 32.2. The fourth-order valence-corrected chi connectivity index (χ4v) is 5.30. The number of fused-ring (bicyclic) bond motifs is 3. The Bertz CT molecular complexity index is 1660. The summed E-state index contributed by atoms with van der Waals surface area (Å²) < 4.78 is 35.7. The van der Waals surface area contributed by atoms with Crippen molar-refractivity contribution in [2.75, 3.05) is 5.75 Å². The van der Waals surface area contributed by atoms with E-state index in [9.17, 15) is 14.0 Å². The second-order valence-electron chi connectivity index (χ2n) is 8.86.